The number of rotatable bonds is 9. The molecule has 0 spiro atoms. The summed E-state index contributed by atoms with van der Waals surface area (Å²) < 4.78 is 60.6. The first-order chi connectivity index (χ1) is 22.0. The summed E-state index contributed by atoms with van der Waals surface area (Å²) in [6.07, 6.45) is 5.17. The zero-order valence-electron chi connectivity index (χ0n) is 25.3. The number of carbonyl (C=O) groups excluding carboxylic acids is 1. The summed E-state index contributed by atoms with van der Waals surface area (Å²) in [6, 6.07) is 19.3. The van der Waals surface area contributed by atoms with Crippen molar-refractivity contribution in [3.63, 3.8) is 0 Å². The van der Waals surface area contributed by atoms with E-state index in [4.69, 9.17) is 15.8 Å². The molecule has 0 bridgehead atoms. The van der Waals surface area contributed by atoms with Gasteiger partial charge in [-0.25, -0.2) is 8.42 Å². The second-order valence-corrected chi connectivity index (χ2v) is 15.8. The number of benzene rings is 3. The molecular formula is C33H35ClN4O6S2. The predicted molar refractivity (Wildman–Crippen MR) is 177 cm³/mol. The van der Waals surface area contributed by atoms with Crippen LogP contribution < -0.4 is 4.90 Å². The van der Waals surface area contributed by atoms with Gasteiger partial charge in [0.15, 0.2) is 0 Å². The van der Waals surface area contributed by atoms with Crippen LogP contribution in [-0.2, 0) is 29.1 Å². The minimum Gasteiger partial charge on any atom is -0.371 e. The minimum absolute atomic E-state index is 0.00369. The average Bonchev–Trinajstić information content (AvgIpc) is 3.05. The fraction of sp³-hybridized carbons (Fsp3) is 0.333. The Hall–Kier alpha value is -3.55. The Balaban J connectivity index is 1.22. The van der Waals surface area contributed by atoms with E-state index in [1.165, 1.54) is 18.2 Å². The summed E-state index contributed by atoms with van der Waals surface area (Å²) >= 11 is 6.10. The van der Waals surface area contributed by atoms with Crippen LogP contribution in [0.5, 0.6) is 0 Å². The highest BCUT2D eigenvalue weighted by Gasteiger charge is 2.40. The summed E-state index contributed by atoms with van der Waals surface area (Å²) in [6.45, 7) is 3.00. The third kappa shape index (κ3) is 7.06. The number of aryl methyl sites for hydroxylation is 1. The van der Waals surface area contributed by atoms with Gasteiger partial charge in [-0.2, -0.15) is 12.7 Å². The van der Waals surface area contributed by atoms with E-state index in [2.05, 4.69) is 9.88 Å². The first-order valence-corrected chi connectivity index (χ1v) is 18.3. The van der Waals surface area contributed by atoms with Crippen LogP contribution in [0.1, 0.15) is 18.4 Å². The van der Waals surface area contributed by atoms with Crippen molar-refractivity contribution in [1.82, 2.24) is 14.2 Å². The number of carbonyl (C=O) groups is 1. The Kier molecular flexibility index (Phi) is 9.36. The number of amides is 1. The summed E-state index contributed by atoms with van der Waals surface area (Å²) in [5.41, 5.74) is 1.99. The van der Waals surface area contributed by atoms with Crippen molar-refractivity contribution >= 4 is 54.1 Å². The number of fused-ring (bicyclic) bond motifs is 1. The maximum absolute atomic E-state index is 13.9. The van der Waals surface area contributed by atoms with Crippen molar-refractivity contribution in [3.8, 4) is 0 Å². The van der Waals surface area contributed by atoms with E-state index in [0.717, 1.165) is 46.9 Å². The van der Waals surface area contributed by atoms with Crippen molar-refractivity contribution in [2.45, 2.75) is 35.6 Å². The molecule has 6 rings (SSSR count). The molecule has 4 aromatic rings. The second-order valence-electron chi connectivity index (χ2n) is 11.8. The van der Waals surface area contributed by atoms with Gasteiger partial charge in [0.05, 0.1) is 29.0 Å². The van der Waals surface area contributed by atoms with E-state index in [9.17, 15) is 21.6 Å². The monoisotopic (exact) mass is 682 g/mol. The molecular weight excluding hydrogens is 648 g/mol. The Bertz CT molecular complexity index is 1930. The maximum atomic E-state index is 13.9. The summed E-state index contributed by atoms with van der Waals surface area (Å²) in [5, 5.41) is 2.02. The molecule has 2 fully saturated rings. The lowest BCUT2D eigenvalue weighted by Gasteiger charge is -2.43. The molecule has 0 saturated carbocycles. The van der Waals surface area contributed by atoms with Gasteiger partial charge in [0.2, 0.25) is 15.9 Å². The average molecular weight is 683 g/mol. The molecule has 46 heavy (non-hydrogen) atoms. The molecule has 1 aromatic heterocycles. The lowest BCUT2D eigenvalue weighted by atomic mass is 9.95. The number of piperidine rings is 1. The van der Waals surface area contributed by atoms with Gasteiger partial charge < -0.3 is 9.80 Å². The number of anilines is 1. The van der Waals surface area contributed by atoms with Crippen LogP contribution in [0.4, 0.5) is 5.69 Å². The first-order valence-electron chi connectivity index (χ1n) is 15.1. The van der Waals surface area contributed by atoms with Gasteiger partial charge in [0.1, 0.15) is 0 Å². The molecule has 2 aliphatic rings. The van der Waals surface area contributed by atoms with Crippen LogP contribution >= 0.6 is 11.6 Å². The fourth-order valence-corrected chi connectivity index (χ4v) is 8.66. The highest BCUT2D eigenvalue weighted by molar-refractivity contribution is 7.89. The van der Waals surface area contributed by atoms with Crippen molar-refractivity contribution in [2.75, 3.05) is 44.2 Å². The number of sulfonamides is 1. The molecule has 13 heteroatoms. The summed E-state index contributed by atoms with van der Waals surface area (Å²) in [4.78, 5) is 21.7. The van der Waals surface area contributed by atoms with Crippen LogP contribution in [0.3, 0.4) is 0 Å². The SMILES string of the molecule is Cc1ccc(S(=O)(=O)OCC2CN(S(=O)(=O)c3ccc4cc(Cl)ccc4c3)CC(=O)N2CC2CCN(c3ccncc3)CC2)cc1. The van der Waals surface area contributed by atoms with E-state index in [1.54, 1.807) is 59.8 Å². The third-order valence-corrected chi connectivity index (χ3v) is 12.1. The smallest absolute Gasteiger partial charge is 0.297 e. The van der Waals surface area contributed by atoms with Crippen molar-refractivity contribution in [3.05, 3.63) is 95.8 Å². The number of halogens is 1. The van der Waals surface area contributed by atoms with Crippen LogP contribution in [0.25, 0.3) is 10.8 Å². The molecule has 1 atom stereocenters. The minimum atomic E-state index is -4.15. The van der Waals surface area contributed by atoms with Crippen LogP contribution in [0, 0.1) is 12.8 Å². The standard InChI is InChI=1S/C33H35ClN4O6S2/c1-24-2-7-31(8-3-24)46(42,43)44-23-30-21-37(45(40,41)32-9-5-26-18-28(34)6-4-27(26)19-32)22-33(39)38(30)20-25-12-16-36(17-13-25)29-10-14-35-15-11-29/h2-11,14-15,18-19,25,30H,12-13,16-17,20-23H2,1H3. The van der Waals surface area contributed by atoms with Crippen molar-refractivity contribution in [1.29, 1.82) is 0 Å². The number of nitrogens with zero attached hydrogens (tertiary/aromatic N) is 4. The number of hydrogen-bond donors (Lipinski definition) is 0. The summed E-state index contributed by atoms with van der Waals surface area (Å²) in [7, 11) is -8.25. The molecule has 2 saturated heterocycles. The Morgan fingerprint density at radius 1 is 0.870 bits per heavy atom. The van der Waals surface area contributed by atoms with Crippen LogP contribution in [0.15, 0.2) is 95.0 Å². The van der Waals surface area contributed by atoms with Gasteiger partial charge in [0.25, 0.3) is 10.1 Å². The highest BCUT2D eigenvalue weighted by Crippen LogP contribution is 2.29. The lowest BCUT2D eigenvalue weighted by molar-refractivity contribution is -0.139. The Morgan fingerprint density at radius 3 is 2.24 bits per heavy atom. The molecule has 10 nitrogen and oxygen atoms in total. The number of hydrogen-bond acceptors (Lipinski definition) is 8. The molecule has 3 aromatic carbocycles. The van der Waals surface area contributed by atoms with Gasteiger partial charge >= 0.3 is 0 Å². The molecule has 3 heterocycles. The fourth-order valence-electron chi connectivity index (χ4n) is 6.07. The van der Waals surface area contributed by atoms with Gasteiger partial charge in [-0.3, -0.25) is 14.0 Å². The van der Waals surface area contributed by atoms with Crippen LogP contribution in [-0.4, -0.2) is 82.3 Å². The van der Waals surface area contributed by atoms with Gasteiger partial charge in [-0.1, -0.05) is 41.4 Å². The van der Waals surface area contributed by atoms with Crippen molar-refractivity contribution < 1.29 is 25.8 Å². The number of pyridine rings is 1. The van der Waals surface area contributed by atoms with E-state index >= 15 is 0 Å². The molecule has 0 N–H and O–H groups in total. The number of piperazine rings is 1. The Labute approximate surface area is 274 Å². The third-order valence-electron chi connectivity index (χ3n) is 8.72. The lowest BCUT2D eigenvalue weighted by Crippen LogP contribution is -2.60. The summed E-state index contributed by atoms with van der Waals surface area (Å²) in [5.74, 6) is -0.228. The van der Waals surface area contributed by atoms with Crippen molar-refractivity contribution in [2.24, 2.45) is 5.92 Å². The molecule has 2 aliphatic heterocycles. The number of aromatic nitrogens is 1. The van der Waals surface area contributed by atoms with E-state index in [1.807, 2.05) is 19.1 Å². The van der Waals surface area contributed by atoms with Gasteiger partial charge in [-0.15, -0.1) is 0 Å². The van der Waals surface area contributed by atoms with E-state index < -0.39 is 26.2 Å². The van der Waals surface area contributed by atoms with E-state index in [-0.39, 0.29) is 41.3 Å². The maximum Gasteiger partial charge on any atom is 0.297 e. The first kappa shape index (κ1) is 32.4. The second kappa shape index (κ2) is 13.3. The molecule has 0 aliphatic carbocycles. The topological polar surface area (TPSA) is 117 Å². The molecule has 1 amide bonds. The Morgan fingerprint density at radius 2 is 1.52 bits per heavy atom. The zero-order valence-corrected chi connectivity index (χ0v) is 27.7. The van der Waals surface area contributed by atoms with E-state index in [0.29, 0.717) is 17.0 Å². The zero-order chi connectivity index (χ0) is 32.5. The predicted octanol–water partition coefficient (Wildman–Crippen LogP) is 4.72. The van der Waals surface area contributed by atoms with Crippen LogP contribution in [0.2, 0.25) is 5.02 Å². The molecule has 242 valence electrons. The van der Waals surface area contributed by atoms with Gasteiger partial charge in [0, 0.05) is 49.3 Å². The normalized spacial score (nSPS) is 18.7. The van der Waals surface area contributed by atoms with Gasteiger partial charge in [-0.05, 0) is 85.0 Å². The highest BCUT2D eigenvalue weighted by atomic mass is 35.5. The molecule has 0 radical (unpaired) electrons. The quantitative estimate of drug-likeness (QED) is 0.233. The largest absolute Gasteiger partial charge is 0.371 e. The molecule has 1 unspecified atom stereocenters.